The van der Waals surface area contributed by atoms with E-state index in [0.717, 1.165) is 17.9 Å². The van der Waals surface area contributed by atoms with Crippen LogP contribution in [0.5, 0.6) is 5.75 Å². The lowest BCUT2D eigenvalue weighted by Gasteiger charge is -2.13. The summed E-state index contributed by atoms with van der Waals surface area (Å²) < 4.78 is 5.56. The molecular weight excluding hydrogens is 288 g/mol. The van der Waals surface area contributed by atoms with Crippen molar-refractivity contribution in [3.8, 4) is 5.75 Å². The average molecular weight is 308 g/mol. The Morgan fingerprint density at radius 3 is 2.55 bits per heavy atom. The van der Waals surface area contributed by atoms with E-state index in [9.17, 15) is 9.59 Å². The second-order valence-electron chi connectivity index (χ2n) is 4.63. The first-order chi connectivity index (χ1) is 10.5. The van der Waals surface area contributed by atoms with Gasteiger partial charge in [-0.1, -0.05) is 25.5 Å². The van der Waals surface area contributed by atoms with E-state index in [1.54, 1.807) is 18.2 Å². The first-order valence-electron chi connectivity index (χ1n) is 6.96. The number of ether oxygens (including phenoxy) is 1. The van der Waals surface area contributed by atoms with Crippen LogP contribution in [0.25, 0.3) is 0 Å². The SMILES string of the molecule is CCCCOc1cccc(/C=N\N(CC(=O)O)CC(=O)O)c1. The van der Waals surface area contributed by atoms with Crippen molar-refractivity contribution in [1.82, 2.24) is 5.01 Å². The molecule has 1 aromatic carbocycles. The number of aliphatic carboxylic acids is 2. The second-order valence-corrected chi connectivity index (χ2v) is 4.63. The minimum absolute atomic E-state index is 0.477. The lowest BCUT2D eigenvalue weighted by Crippen LogP contribution is -2.30. The zero-order valence-corrected chi connectivity index (χ0v) is 12.4. The van der Waals surface area contributed by atoms with Crippen molar-refractivity contribution < 1.29 is 24.5 Å². The highest BCUT2D eigenvalue weighted by Gasteiger charge is 2.10. The molecule has 0 aliphatic heterocycles. The Bertz CT molecular complexity index is 514. The molecule has 7 nitrogen and oxygen atoms in total. The fourth-order valence-corrected chi connectivity index (χ4v) is 1.62. The molecule has 1 aromatic rings. The van der Waals surface area contributed by atoms with Gasteiger partial charge in [0.2, 0.25) is 0 Å². The van der Waals surface area contributed by atoms with Crippen LogP contribution >= 0.6 is 0 Å². The molecule has 0 aromatic heterocycles. The molecule has 22 heavy (non-hydrogen) atoms. The van der Waals surface area contributed by atoms with Crippen LogP contribution < -0.4 is 4.74 Å². The molecule has 2 N–H and O–H groups in total. The summed E-state index contributed by atoms with van der Waals surface area (Å²) in [5, 5.41) is 22.3. The number of hydrogen-bond donors (Lipinski definition) is 2. The zero-order valence-electron chi connectivity index (χ0n) is 12.4. The van der Waals surface area contributed by atoms with Gasteiger partial charge in [0.15, 0.2) is 0 Å². The molecule has 7 heteroatoms. The van der Waals surface area contributed by atoms with Crippen LogP contribution in [0.1, 0.15) is 25.3 Å². The van der Waals surface area contributed by atoms with Gasteiger partial charge in [-0.3, -0.25) is 14.6 Å². The number of unbranched alkanes of at least 4 members (excludes halogenated alkanes) is 1. The van der Waals surface area contributed by atoms with Crippen molar-refractivity contribution in [3.63, 3.8) is 0 Å². The molecule has 0 fully saturated rings. The van der Waals surface area contributed by atoms with Gasteiger partial charge in [0.1, 0.15) is 18.8 Å². The largest absolute Gasteiger partial charge is 0.494 e. The second kappa shape index (κ2) is 9.38. The van der Waals surface area contributed by atoms with Crippen LogP contribution in [0.3, 0.4) is 0 Å². The van der Waals surface area contributed by atoms with Crippen molar-refractivity contribution in [2.45, 2.75) is 19.8 Å². The Morgan fingerprint density at radius 1 is 1.27 bits per heavy atom. The summed E-state index contributed by atoms with van der Waals surface area (Å²) in [6, 6.07) is 7.15. The monoisotopic (exact) mass is 308 g/mol. The van der Waals surface area contributed by atoms with Gasteiger partial charge in [-0.2, -0.15) is 5.10 Å². The van der Waals surface area contributed by atoms with Gasteiger partial charge in [0.05, 0.1) is 12.8 Å². The molecule has 0 heterocycles. The summed E-state index contributed by atoms with van der Waals surface area (Å²) in [4.78, 5) is 21.3. The van der Waals surface area contributed by atoms with E-state index in [-0.39, 0.29) is 0 Å². The molecular formula is C15H20N2O5. The molecule has 0 aliphatic rings. The first kappa shape index (κ1) is 17.5. The molecule has 0 saturated heterocycles. The number of hydrazone groups is 1. The lowest BCUT2D eigenvalue weighted by molar-refractivity contribution is -0.141. The van der Waals surface area contributed by atoms with Crippen molar-refractivity contribution in [2.75, 3.05) is 19.7 Å². The van der Waals surface area contributed by atoms with E-state index in [1.807, 2.05) is 6.07 Å². The molecule has 120 valence electrons. The van der Waals surface area contributed by atoms with Crippen LogP contribution in [0, 0.1) is 0 Å². The van der Waals surface area contributed by atoms with Crippen LogP contribution in [0.15, 0.2) is 29.4 Å². The first-order valence-corrected chi connectivity index (χ1v) is 6.96. The van der Waals surface area contributed by atoms with Gasteiger partial charge < -0.3 is 14.9 Å². The fraction of sp³-hybridized carbons (Fsp3) is 0.400. The van der Waals surface area contributed by atoms with Crippen molar-refractivity contribution in [2.24, 2.45) is 5.10 Å². The highest BCUT2D eigenvalue weighted by molar-refractivity contribution is 5.80. The molecule has 0 spiro atoms. The maximum absolute atomic E-state index is 10.7. The molecule has 0 saturated carbocycles. The van der Waals surface area contributed by atoms with Gasteiger partial charge in [0, 0.05) is 0 Å². The van der Waals surface area contributed by atoms with Crippen molar-refractivity contribution in [3.05, 3.63) is 29.8 Å². The number of carboxylic acid groups (broad SMARTS) is 2. The number of nitrogens with zero attached hydrogens (tertiary/aromatic N) is 2. The van der Waals surface area contributed by atoms with E-state index in [1.165, 1.54) is 6.21 Å². The summed E-state index contributed by atoms with van der Waals surface area (Å²) in [5.74, 6) is -1.59. The van der Waals surface area contributed by atoms with E-state index < -0.39 is 25.0 Å². The summed E-state index contributed by atoms with van der Waals surface area (Å²) in [6.45, 7) is 1.75. The fourth-order valence-electron chi connectivity index (χ4n) is 1.62. The predicted molar refractivity (Wildman–Crippen MR) is 81.3 cm³/mol. The van der Waals surface area contributed by atoms with E-state index in [0.29, 0.717) is 17.9 Å². The van der Waals surface area contributed by atoms with Gasteiger partial charge in [0.25, 0.3) is 0 Å². The number of hydrogen-bond acceptors (Lipinski definition) is 5. The standard InChI is InChI=1S/C15H20N2O5/c1-2-3-7-22-13-6-4-5-12(8-13)9-16-17(10-14(18)19)11-15(20)21/h4-6,8-9H,2-3,7,10-11H2,1H3,(H,18,19)(H,20,21)/b16-9-. The van der Waals surface area contributed by atoms with Crippen LogP contribution in [-0.4, -0.2) is 53.1 Å². The summed E-state index contributed by atoms with van der Waals surface area (Å²) in [7, 11) is 0. The number of benzene rings is 1. The third-order valence-corrected chi connectivity index (χ3v) is 2.63. The molecule has 0 amide bonds. The smallest absolute Gasteiger partial charge is 0.324 e. The third-order valence-electron chi connectivity index (χ3n) is 2.63. The maximum atomic E-state index is 10.7. The lowest BCUT2D eigenvalue weighted by atomic mass is 10.2. The van der Waals surface area contributed by atoms with E-state index >= 15 is 0 Å². The minimum atomic E-state index is -1.14. The van der Waals surface area contributed by atoms with Crippen LogP contribution in [-0.2, 0) is 9.59 Å². The molecule has 0 aliphatic carbocycles. The summed E-state index contributed by atoms with van der Waals surface area (Å²) in [5.41, 5.74) is 0.703. The third kappa shape index (κ3) is 7.28. The number of carbonyl (C=O) groups is 2. The quantitative estimate of drug-likeness (QED) is 0.387. The topological polar surface area (TPSA) is 99.4 Å². The normalized spacial score (nSPS) is 10.6. The Balaban J connectivity index is 2.70. The van der Waals surface area contributed by atoms with Crippen molar-refractivity contribution >= 4 is 18.2 Å². The molecule has 1 rings (SSSR count). The summed E-state index contributed by atoms with van der Waals surface area (Å²) >= 11 is 0. The van der Waals surface area contributed by atoms with Crippen molar-refractivity contribution in [1.29, 1.82) is 0 Å². The molecule has 0 radical (unpaired) electrons. The Labute approximate surface area is 128 Å². The number of rotatable bonds is 10. The Kier molecular flexibility index (Phi) is 7.45. The highest BCUT2D eigenvalue weighted by Crippen LogP contribution is 2.12. The molecule has 0 unspecified atom stereocenters. The van der Waals surface area contributed by atoms with Crippen LogP contribution in [0.2, 0.25) is 0 Å². The molecule has 0 bridgehead atoms. The van der Waals surface area contributed by atoms with Gasteiger partial charge >= 0.3 is 11.9 Å². The van der Waals surface area contributed by atoms with Crippen LogP contribution in [0.4, 0.5) is 0 Å². The van der Waals surface area contributed by atoms with Gasteiger partial charge in [-0.05, 0) is 24.1 Å². The summed E-state index contributed by atoms with van der Waals surface area (Å²) in [6.07, 6.45) is 3.42. The Hall–Kier alpha value is -2.57. The van der Waals surface area contributed by atoms with E-state index in [2.05, 4.69) is 12.0 Å². The maximum Gasteiger partial charge on any atom is 0.324 e. The zero-order chi connectivity index (χ0) is 16.4. The highest BCUT2D eigenvalue weighted by atomic mass is 16.5. The Morgan fingerprint density at radius 2 is 1.95 bits per heavy atom. The predicted octanol–water partition coefficient (Wildman–Crippen LogP) is 1.67. The van der Waals surface area contributed by atoms with Gasteiger partial charge in [-0.25, -0.2) is 0 Å². The van der Waals surface area contributed by atoms with E-state index in [4.69, 9.17) is 14.9 Å². The molecule has 0 atom stereocenters. The minimum Gasteiger partial charge on any atom is -0.494 e. The number of carboxylic acids is 2. The van der Waals surface area contributed by atoms with Gasteiger partial charge in [-0.15, -0.1) is 0 Å². The average Bonchev–Trinajstić information content (AvgIpc) is 2.44.